The number of amides is 1. The summed E-state index contributed by atoms with van der Waals surface area (Å²) in [6, 6.07) is 10.3. The third kappa shape index (κ3) is 3.57. The minimum atomic E-state index is -0.343. The molecule has 2 heterocycles. The van der Waals surface area contributed by atoms with Crippen LogP contribution in [0.15, 0.2) is 56.3 Å². The molecule has 1 unspecified atom stereocenters. The van der Waals surface area contributed by atoms with Gasteiger partial charge in [-0.1, -0.05) is 19.1 Å². The van der Waals surface area contributed by atoms with Gasteiger partial charge in [-0.3, -0.25) is 9.59 Å². The predicted octanol–water partition coefficient (Wildman–Crippen LogP) is 3.35. The van der Waals surface area contributed by atoms with Crippen molar-refractivity contribution in [1.29, 1.82) is 0 Å². The van der Waals surface area contributed by atoms with Crippen molar-refractivity contribution in [3.63, 3.8) is 0 Å². The van der Waals surface area contributed by atoms with Gasteiger partial charge in [0.2, 0.25) is 16.9 Å². The molecule has 0 bridgehead atoms. The van der Waals surface area contributed by atoms with Gasteiger partial charge >= 0.3 is 0 Å². The molecule has 3 aromatic rings. The predicted molar refractivity (Wildman–Crippen MR) is 93.6 cm³/mol. The molecule has 2 aromatic heterocycles. The van der Waals surface area contributed by atoms with E-state index < -0.39 is 0 Å². The Morgan fingerprint density at radius 2 is 2.04 bits per heavy atom. The molecule has 0 aliphatic heterocycles. The summed E-state index contributed by atoms with van der Waals surface area (Å²) in [7, 11) is 0. The van der Waals surface area contributed by atoms with Gasteiger partial charge in [0.25, 0.3) is 5.91 Å². The third-order valence-electron chi connectivity index (χ3n) is 3.87. The van der Waals surface area contributed by atoms with Gasteiger partial charge in [0.05, 0.1) is 11.6 Å². The Hall–Kier alpha value is -3.02. The average Bonchev–Trinajstić information content (AvgIpc) is 3.15. The van der Waals surface area contributed by atoms with Gasteiger partial charge in [-0.15, -0.1) is 0 Å². The summed E-state index contributed by atoms with van der Waals surface area (Å²) in [5, 5.41) is 3.18. The smallest absolute Gasteiger partial charge is 0.258 e. The van der Waals surface area contributed by atoms with E-state index in [4.69, 9.17) is 13.6 Å². The second-order valence-electron chi connectivity index (χ2n) is 5.73. The van der Waals surface area contributed by atoms with Crippen LogP contribution in [0.2, 0.25) is 0 Å². The van der Waals surface area contributed by atoms with Crippen LogP contribution >= 0.6 is 0 Å². The summed E-state index contributed by atoms with van der Waals surface area (Å²) in [6.45, 7) is 3.59. The molecule has 0 spiro atoms. The summed E-state index contributed by atoms with van der Waals surface area (Å²) in [6.07, 6.45) is 2.28. The number of fused-ring (bicyclic) bond motifs is 1. The van der Waals surface area contributed by atoms with Crippen molar-refractivity contribution in [2.45, 2.75) is 26.3 Å². The number of carbonyl (C=O) groups is 1. The van der Waals surface area contributed by atoms with Crippen molar-refractivity contribution in [3.8, 4) is 17.3 Å². The van der Waals surface area contributed by atoms with Crippen molar-refractivity contribution in [3.05, 3.63) is 52.9 Å². The number of hydrogen-bond acceptors (Lipinski definition) is 5. The molecule has 3 rings (SSSR count). The first kappa shape index (κ1) is 16.8. The molecule has 0 radical (unpaired) electrons. The number of carbonyl (C=O) groups excluding carboxylic acids is 1. The summed E-state index contributed by atoms with van der Waals surface area (Å²) < 4.78 is 16.7. The number of ether oxygens (including phenoxy) is 1. The molecular formula is C19H19NO5. The molecule has 1 aromatic carbocycles. The molecule has 0 saturated carbocycles. The number of furan rings is 1. The Labute approximate surface area is 144 Å². The van der Waals surface area contributed by atoms with Crippen molar-refractivity contribution in [1.82, 2.24) is 5.32 Å². The van der Waals surface area contributed by atoms with Gasteiger partial charge < -0.3 is 18.9 Å². The maximum Gasteiger partial charge on any atom is 0.258 e. The molecule has 1 amide bonds. The lowest BCUT2D eigenvalue weighted by atomic mass is 10.2. The molecule has 0 saturated heterocycles. The maximum absolute atomic E-state index is 12.8. The fourth-order valence-electron chi connectivity index (χ4n) is 2.38. The lowest BCUT2D eigenvalue weighted by Gasteiger charge is -2.13. The first-order valence-electron chi connectivity index (χ1n) is 8.12. The lowest BCUT2D eigenvalue weighted by molar-refractivity contribution is -0.123. The van der Waals surface area contributed by atoms with E-state index in [1.807, 2.05) is 13.8 Å². The van der Waals surface area contributed by atoms with E-state index >= 15 is 0 Å². The summed E-state index contributed by atoms with van der Waals surface area (Å²) in [5.41, 5.74) is 0.0832. The van der Waals surface area contributed by atoms with E-state index in [1.165, 1.54) is 6.26 Å². The Balaban J connectivity index is 1.98. The third-order valence-corrected chi connectivity index (χ3v) is 3.87. The molecule has 0 aliphatic carbocycles. The number of nitrogens with one attached hydrogen (secondary N) is 1. The van der Waals surface area contributed by atoms with E-state index in [1.54, 1.807) is 36.4 Å². The van der Waals surface area contributed by atoms with Crippen LogP contribution in [0.5, 0.6) is 5.75 Å². The molecule has 1 atom stereocenters. The van der Waals surface area contributed by atoms with Crippen LogP contribution < -0.4 is 15.5 Å². The second kappa shape index (κ2) is 7.25. The van der Waals surface area contributed by atoms with Gasteiger partial charge in [0, 0.05) is 6.04 Å². The van der Waals surface area contributed by atoms with Crippen molar-refractivity contribution >= 4 is 16.9 Å². The zero-order chi connectivity index (χ0) is 17.8. The van der Waals surface area contributed by atoms with Crippen LogP contribution in [0, 0.1) is 0 Å². The Kier molecular flexibility index (Phi) is 4.88. The van der Waals surface area contributed by atoms with Gasteiger partial charge in [-0.05, 0) is 37.6 Å². The quantitative estimate of drug-likeness (QED) is 0.743. The SMILES string of the molecule is CCC(C)NC(=O)COc1c(-c2ccco2)oc2ccccc2c1=O. The highest BCUT2D eigenvalue weighted by Crippen LogP contribution is 2.31. The Morgan fingerprint density at radius 3 is 2.76 bits per heavy atom. The Morgan fingerprint density at radius 1 is 1.24 bits per heavy atom. The molecule has 1 N–H and O–H groups in total. The minimum absolute atomic E-state index is 0.0343. The van der Waals surface area contributed by atoms with E-state index in [2.05, 4.69) is 5.32 Å². The fraction of sp³-hybridized carbons (Fsp3) is 0.263. The zero-order valence-electron chi connectivity index (χ0n) is 14.1. The topological polar surface area (TPSA) is 81.7 Å². The van der Waals surface area contributed by atoms with E-state index in [-0.39, 0.29) is 35.5 Å². The maximum atomic E-state index is 12.8. The van der Waals surface area contributed by atoms with Gasteiger partial charge in [0.1, 0.15) is 5.58 Å². The first-order valence-corrected chi connectivity index (χ1v) is 8.12. The summed E-state index contributed by atoms with van der Waals surface area (Å²) in [5.74, 6) is 0.200. The Bertz CT molecular complexity index is 927. The zero-order valence-corrected chi connectivity index (χ0v) is 14.1. The lowest BCUT2D eigenvalue weighted by Crippen LogP contribution is -2.36. The molecule has 6 heteroatoms. The second-order valence-corrected chi connectivity index (χ2v) is 5.73. The number of rotatable bonds is 6. The monoisotopic (exact) mass is 341 g/mol. The van der Waals surface area contributed by atoms with Crippen molar-refractivity contribution in [2.24, 2.45) is 0 Å². The standard InChI is InChI=1S/C19H19NO5/c1-3-12(2)20-16(21)11-24-19-17(22)13-7-4-5-8-14(13)25-18(19)15-9-6-10-23-15/h4-10,12H,3,11H2,1-2H3,(H,20,21). The van der Waals surface area contributed by atoms with Gasteiger partial charge in [-0.2, -0.15) is 0 Å². The van der Waals surface area contributed by atoms with Crippen LogP contribution in [0.3, 0.4) is 0 Å². The molecule has 130 valence electrons. The van der Waals surface area contributed by atoms with Crippen molar-refractivity contribution in [2.75, 3.05) is 6.61 Å². The van der Waals surface area contributed by atoms with Crippen LogP contribution in [-0.4, -0.2) is 18.6 Å². The summed E-state index contributed by atoms with van der Waals surface area (Å²) >= 11 is 0. The highest BCUT2D eigenvalue weighted by atomic mass is 16.5. The highest BCUT2D eigenvalue weighted by molar-refractivity contribution is 5.82. The van der Waals surface area contributed by atoms with Crippen LogP contribution in [0.1, 0.15) is 20.3 Å². The first-order chi connectivity index (χ1) is 12.1. The van der Waals surface area contributed by atoms with Gasteiger partial charge in [-0.25, -0.2) is 0 Å². The highest BCUT2D eigenvalue weighted by Gasteiger charge is 2.20. The number of benzene rings is 1. The van der Waals surface area contributed by atoms with Crippen LogP contribution in [0.4, 0.5) is 0 Å². The number of hydrogen-bond donors (Lipinski definition) is 1. The molecule has 0 fully saturated rings. The summed E-state index contributed by atoms with van der Waals surface area (Å²) in [4.78, 5) is 24.7. The number of para-hydroxylation sites is 1. The minimum Gasteiger partial charge on any atom is -0.476 e. The molecule has 0 aliphatic rings. The van der Waals surface area contributed by atoms with Crippen LogP contribution in [0.25, 0.3) is 22.5 Å². The fourth-order valence-corrected chi connectivity index (χ4v) is 2.38. The van der Waals surface area contributed by atoms with E-state index in [0.717, 1.165) is 6.42 Å². The molecule has 6 nitrogen and oxygen atoms in total. The molecular weight excluding hydrogens is 322 g/mol. The normalized spacial score (nSPS) is 12.1. The largest absolute Gasteiger partial charge is 0.476 e. The average molecular weight is 341 g/mol. The van der Waals surface area contributed by atoms with Crippen LogP contribution in [-0.2, 0) is 4.79 Å². The van der Waals surface area contributed by atoms with Crippen molar-refractivity contribution < 1.29 is 18.4 Å². The van der Waals surface area contributed by atoms with Gasteiger partial charge in [0.15, 0.2) is 12.4 Å². The van der Waals surface area contributed by atoms with E-state index in [0.29, 0.717) is 16.7 Å². The molecule has 25 heavy (non-hydrogen) atoms. The van der Waals surface area contributed by atoms with E-state index in [9.17, 15) is 9.59 Å².